The van der Waals surface area contributed by atoms with Crippen LogP contribution in [-0.4, -0.2) is 31.7 Å². The number of anilines is 1. The number of ether oxygens (including phenoxy) is 2. The van der Waals surface area contributed by atoms with Crippen molar-refractivity contribution in [2.45, 2.75) is 45.3 Å². The summed E-state index contributed by atoms with van der Waals surface area (Å²) < 4.78 is 12.0. The highest BCUT2D eigenvalue weighted by molar-refractivity contribution is 5.75. The quantitative estimate of drug-likeness (QED) is 0.694. The Bertz CT molecular complexity index is 800. The van der Waals surface area contributed by atoms with Crippen molar-refractivity contribution >= 4 is 11.6 Å². The van der Waals surface area contributed by atoms with Crippen LogP contribution in [0.4, 0.5) is 5.69 Å². The fourth-order valence-electron chi connectivity index (χ4n) is 3.51. The van der Waals surface area contributed by atoms with E-state index in [1.807, 2.05) is 31.2 Å². The highest BCUT2D eigenvalue weighted by Gasteiger charge is 2.25. The van der Waals surface area contributed by atoms with Crippen molar-refractivity contribution in [2.24, 2.45) is 5.92 Å². The number of carbonyl (C=O) groups excluding carboxylic acids is 1. The average molecular weight is 395 g/mol. The van der Waals surface area contributed by atoms with E-state index in [-0.39, 0.29) is 12.0 Å². The van der Waals surface area contributed by atoms with Crippen molar-refractivity contribution in [1.29, 1.82) is 0 Å². The van der Waals surface area contributed by atoms with Crippen molar-refractivity contribution in [2.75, 3.05) is 24.6 Å². The number of rotatable bonds is 9. The van der Waals surface area contributed by atoms with Gasteiger partial charge in [0.25, 0.3) is 0 Å². The Morgan fingerprint density at radius 2 is 1.76 bits per heavy atom. The largest absolute Gasteiger partial charge is 0.493 e. The van der Waals surface area contributed by atoms with Gasteiger partial charge in [-0.15, -0.1) is 0 Å². The van der Waals surface area contributed by atoms with E-state index < -0.39 is 0 Å². The molecule has 2 aromatic rings. The van der Waals surface area contributed by atoms with Gasteiger partial charge >= 0.3 is 0 Å². The van der Waals surface area contributed by atoms with E-state index in [0.29, 0.717) is 13.0 Å². The third-order valence-corrected chi connectivity index (χ3v) is 5.57. The van der Waals surface area contributed by atoms with Crippen LogP contribution in [0.2, 0.25) is 0 Å². The van der Waals surface area contributed by atoms with Gasteiger partial charge in [0.05, 0.1) is 13.2 Å². The number of benzene rings is 2. The van der Waals surface area contributed by atoms with Gasteiger partial charge in [-0.1, -0.05) is 19.1 Å². The second-order valence-electron chi connectivity index (χ2n) is 8.00. The SMILES string of the molecule is CCC(=O)NCc1ccc(O[C@@H]2CCN(c3ccc(OCC4CC4)cc3)C2)cc1. The molecule has 1 aliphatic carbocycles. The van der Waals surface area contributed by atoms with Crippen LogP contribution in [-0.2, 0) is 11.3 Å². The number of nitrogens with one attached hydrogen (secondary N) is 1. The highest BCUT2D eigenvalue weighted by atomic mass is 16.5. The summed E-state index contributed by atoms with van der Waals surface area (Å²) in [6.07, 6.45) is 4.33. The molecule has 154 valence electrons. The zero-order valence-electron chi connectivity index (χ0n) is 17.1. The summed E-state index contributed by atoms with van der Waals surface area (Å²) in [5, 5.41) is 2.89. The van der Waals surface area contributed by atoms with Gasteiger partial charge in [0, 0.05) is 31.6 Å². The molecule has 5 nitrogen and oxygen atoms in total. The van der Waals surface area contributed by atoms with Gasteiger partial charge in [0.15, 0.2) is 0 Å². The fourth-order valence-corrected chi connectivity index (χ4v) is 3.51. The third-order valence-electron chi connectivity index (χ3n) is 5.57. The van der Waals surface area contributed by atoms with E-state index in [9.17, 15) is 4.79 Å². The van der Waals surface area contributed by atoms with Crippen LogP contribution in [0.1, 0.15) is 38.2 Å². The maximum atomic E-state index is 11.4. The van der Waals surface area contributed by atoms with Gasteiger partial charge < -0.3 is 19.7 Å². The standard InChI is InChI=1S/C24H30N2O3/c1-2-24(27)25-15-18-5-9-22(10-6-18)29-23-13-14-26(16-23)20-7-11-21(12-8-20)28-17-19-3-4-19/h5-12,19,23H,2-4,13-17H2,1H3,(H,25,27)/t23-/m1/s1. The lowest BCUT2D eigenvalue weighted by Crippen LogP contribution is -2.24. The second kappa shape index (κ2) is 9.21. The summed E-state index contributed by atoms with van der Waals surface area (Å²) in [5.74, 6) is 2.68. The van der Waals surface area contributed by atoms with E-state index >= 15 is 0 Å². The van der Waals surface area contributed by atoms with Crippen molar-refractivity contribution in [1.82, 2.24) is 5.32 Å². The van der Waals surface area contributed by atoms with Crippen molar-refractivity contribution in [3.8, 4) is 11.5 Å². The Hall–Kier alpha value is -2.69. The number of amides is 1. The topological polar surface area (TPSA) is 50.8 Å². The second-order valence-corrected chi connectivity index (χ2v) is 8.00. The number of nitrogens with zero attached hydrogens (tertiary/aromatic N) is 1. The normalized spacial score (nSPS) is 18.5. The van der Waals surface area contributed by atoms with Gasteiger partial charge in [0.1, 0.15) is 17.6 Å². The lowest BCUT2D eigenvalue weighted by atomic mass is 10.2. The van der Waals surface area contributed by atoms with Crippen LogP contribution in [0.3, 0.4) is 0 Å². The van der Waals surface area contributed by atoms with Gasteiger partial charge in [-0.25, -0.2) is 0 Å². The first-order valence-corrected chi connectivity index (χ1v) is 10.7. The molecule has 5 heteroatoms. The minimum Gasteiger partial charge on any atom is -0.493 e. The number of hydrogen-bond donors (Lipinski definition) is 1. The van der Waals surface area contributed by atoms with E-state index in [2.05, 4.69) is 34.5 Å². The molecule has 2 aromatic carbocycles. The van der Waals surface area contributed by atoms with Crippen LogP contribution < -0.4 is 19.7 Å². The van der Waals surface area contributed by atoms with Gasteiger partial charge in [0.2, 0.25) is 5.91 Å². The molecule has 0 radical (unpaired) electrons. The molecule has 1 atom stereocenters. The Kier molecular flexibility index (Phi) is 6.23. The molecule has 1 aliphatic heterocycles. The van der Waals surface area contributed by atoms with Gasteiger partial charge in [-0.2, -0.15) is 0 Å². The molecule has 1 saturated heterocycles. The van der Waals surface area contributed by atoms with Crippen LogP contribution >= 0.6 is 0 Å². The molecular weight excluding hydrogens is 364 g/mol. The predicted octanol–water partition coefficient (Wildman–Crippen LogP) is 4.16. The van der Waals surface area contributed by atoms with Crippen LogP contribution in [0.25, 0.3) is 0 Å². The average Bonchev–Trinajstić information content (AvgIpc) is 3.48. The molecule has 0 bridgehead atoms. The minimum atomic E-state index is 0.0684. The first-order valence-electron chi connectivity index (χ1n) is 10.7. The first kappa shape index (κ1) is 19.6. The highest BCUT2D eigenvalue weighted by Crippen LogP contribution is 2.30. The van der Waals surface area contributed by atoms with Gasteiger partial charge in [-0.3, -0.25) is 4.79 Å². The summed E-state index contributed by atoms with van der Waals surface area (Å²) in [6, 6.07) is 16.4. The smallest absolute Gasteiger partial charge is 0.219 e. The summed E-state index contributed by atoms with van der Waals surface area (Å²) in [4.78, 5) is 13.7. The minimum absolute atomic E-state index is 0.0684. The molecule has 2 aliphatic rings. The summed E-state index contributed by atoms with van der Waals surface area (Å²) >= 11 is 0. The molecule has 1 amide bonds. The van der Waals surface area contributed by atoms with E-state index in [1.165, 1.54) is 18.5 Å². The molecule has 0 unspecified atom stereocenters. The molecule has 1 N–H and O–H groups in total. The zero-order chi connectivity index (χ0) is 20.1. The molecule has 1 heterocycles. The van der Waals surface area contributed by atoms with Crippen molar-refractivity contribution in [3.63, 3.8) is 0 Å². The maximum Gasteiger partial charge on any atom is 0.219 e. The third kappa shape index (κ3) is 5.66. The Morgan fingerprint density at radius 1 is 1.03 bits per heavy atom. The van der Waals surface area contributed by atoms with Gasteiger partial charge in [-0.05, 0) is 60.7 Å². The molecule has 2 fully saturated rings. The lowest BCUT2D eigenvalue weighted by molar-refractivity contribution is -0.120. The molecule has 4 rings (SSSR count). The van der Waals surface area contributed by atoms with E-state index in [4.69, 9.17) is 9.47 Å². The summed E-state index contributed by atoms with van der Waals surface area (Å²) in [5.41, 5.74) is 2.30. The van der Waals surface area contributed by atoms with E-state index in [0.717, 1.165) is 49.1 Å². The zero-order valence-corrected chi connectivity index (χ0v) is 17.1. The molecule has 0 aromatic heterocycles. The fraction of sp³-hybridized carbons (Fsp3) is 0.458. The van der Waals surface area contributed by atoms with E-state index in [1.54, 1.807) is 0 Å². The Morgan fingerprint density at radius 3 is 2.45 bits per heavy atom. The Balaban J connectivity index is 1.24. The number of hydrogen-bond acceptors (Lipinski definition) is 4. The lowest BCUT2D eigenvalue weighted by Gasteiger charge is -2.19. The molecule has 29 heavy (non-hydrogen) atoms. The summed E-state index contributed by atoms with van der Waals surface area (Å²) in [7, 11) is 0. The van der Waals surface area contributed by atoms with Crippen molar-refractivity contribution < 1.29 is 14.3 Å². The van der Waals surface area contributed by atoms with Crippen LogP contribution in [0, 0.1) is 5.92 Å². The van der Waals surface area contributed by atoms with Crippen LogP contribution in [0.15, 0.2) is 48.5 Å². The predicted molar refractivity (Wildman–Crippen MR) is 114 cm³/mol. The first-order chi connectivity index (χ1) is 14.2. The molecular formula is C24H30N2O3. The number of carbonyl (C=O) groups is 1. The van der Waals surface area contributed by atoms with Crippen LogP contribution in [0.5, 0.6) is 11.5 Å². The maximum absolute atomic E-state index is 11.4. The molecule has 0 spiro atoms. The molecule has 1 saturated carbocycles. The monoisotopic (exact) mass is 394 g/mol. The Labute approximate surface area is 173 Å². The summed E-state index contributed by atoms with van der Waals surface area (Å²) in [6.45, 7) is 5.15. The van der Waals surface area contributed by atoms with Crippen molar-refractivity contribution in [3.05, 3.63) is 54.1 Å².